The number of benzene rings is 1. The van der Waals surface area contributed by atoms with E-state index in [1.165, 1.54) is 24.3 Å². The molecule has 3 aromatic rings. The first-order valence-electron chi connectivity index (χ1n) is 7.41. The Morgan fingerprint density at radius 2 is 1.96 bits per heavy atom. The minimum Gasteiger partial charge on any atom is -0.403 e. The molecule has 0 spiro atoms. The third kappa shape index (κ3) is 3.17. The number of amides is 1. The number of aromatic nitrogens is 4. The normalized spacial score (nSPS) is 11.0. The number of nitrogens with zero attached hydrogens (tertiary/aromatic N) is 4. The van der Waals surface area contributed by atoms with Gasteiger partial charge in [0.1, 0.15) is 5.82 Å². The van der Waals surface area contributed by atoms with Crippen molar-refractivity contribution in [1.82, 2.24) is 20.0 Å². The summed E-state index contributed by atoms with van der Waals surface area (Å²) in [6.07, 6.45) is 0. The highest BCUT2D eigenvalue weighted by Gasteiger charge is 2.17. The van der Waals surface area contributed by atoms with E-state index in [0.717, 1.165) is 5.69 Å². The summed E-state index contributed by atoms with van der Waals surface area (Å²) in [6.45, 7) is 5.84. The van der Waals surface area contributed by atoms with E-state index in [2.05, 4.69) is 20.6 Å². The topological polar surface area (TPSA) is 85.8 Å². The summed E-state index contributed by atoms with van der Waals surface area (Å²) in [7, 11) is 0. The van der Waals surface area contributed by atoms with Crippen LogP contribution in [0.15, 0.2) is 34.7 Å². The van der Waals surface area contributed by atoms with E-state index in [0.29, 0.717) is 5.56 Å². The SMILES string of the molecule is Cc1cc(C(=O)Nc2nnc(-c3ccc(F)cc3)o2)nn1C(C)C. The van der Waals surface area contributed by atoms with Gasteiger partial charge in [0.2, 0.25) is 5.89 Å². The van der Waals surface area contributed by atoms with Crippen molar-refractivity contribution in [2.24, 2.45) is 0 Å². The lowest BCUT2D eigenvalue weighted by Gasteiger charge is -2.06. The second-order valence-electron chi connectivity index (χ2n) is 5.58. The third-order valence-corrected chi connectivity index (χ3v) is 3.38. The number of anilines is 1. The molecule has 0 atom stereocenters. The van der Waals surface area contributed by atoms with Crippen LogP contribution in [0.5, 0.6) is 0 Å². The molecule has 124 valence electrons. The first-order valence-corrected chi connectivity index (χ1v) is 7.41. The van der Waals surface area contributed by atoms with Crippen LogP contribution in [0.25, 0.3) is 11.5 Å². The second-order valence-corrected chi connectivity index (χ2v) is 5.58. The van der Waals surface area contributed by atoms with Crippen LogP contribution in [0, 0.1) is 12.7 Å². The minimum absolute atomic E-state index is 0.0453. The Labute approximate surface area is 137 Å². The summed E-state index contributed by atoms with van der Waals surface area (Å²) in [4.78, 5) is 12.2. The van der Waals surface area contributed by atoms with Crippen LogP contribution in [0.3, 0.4) is 0 Å². The zero-order chi connectivity index (χ0) is 17.3. The van der Waals surface area contributed by atoms with Gasteiger partial charge in [0.25, 0.3) is 5.91 Å². The van der Waals surface area contributed by atoms with Gasteiger partial charge in [0.15, 0.2) is 5.69 Å². The van der Waals surface area contributed by atoms with Gasteiger partial charge in [0.05, 0.1) is 0 Å². The predicted octanol–water partition coefficient (Wildman–Crippen LogP) is 3.21. The number of nitrogens with one attached hydrogen (secondary N) is 1. The van der Waals surface area contributed by atoms with Crippen LogP contribution in [0.2, 0.25) is 0 Å². The molecular formula is C16H16FN5O2. The van der Waals surface area contributed by atoms with Crippen molar-refractivity contribution in [1.29, 1.82) is 0 Å². The van der Waals surface area contributed by atoms with Gasteiger partial charge in [-0.2, -0.15) is 5.10 Å². The molecule has 0 fully saturated rings. The minimum atomic E-state index is -0.438. The zero-order valence-corrected chi connectivity index (χ0v) is 13.4. The molecule has 8 heteroatoms. The molecule has 0 aliphatic heterocycles. The van der Waals surface area contributed by atoms with Gasteiger partial charge < -0.3 is 4.42 Å². The molecule has 2 aromatic heterocycles. The smallest absolute Gasteiger partial charge is 0.322 e. The number of halogens is 1. The van der Waals surface area contributed by atoms with E-state index in [-0.39, 0.29) is 29.5 Å². The van der Waals surface area contributed by atoms with Gasteiger partial charge >= 0.3 is 6.01 Å². The molecular weight excluding hydrogens is 313 g/mol. The molecule has 0 saturated heterocycles. The van der Waals surface area contributed by atoms with E-state index >= 15 is 0 Å². The van der Waals surface area contributed by atoms with Crippen LogP contribution >= 0.6 is 0 Å². The van der Waals surface area contributed by atoms with Gasteiger partial charge in [-0.15, -0.1) is 5.10 Å². The number of hydrogen-bond acceptors (Lipinski definition) is 5. The van der Waals surface area contributed by atoms with Gasteiger partial charge in [-0.3, -0.25) is 14.8 Å². The fourth-order valence-corrected chi connectivity index (χ4v) is 2.27. The van der Waals surface area contributed by atoms with E-state index < -0.39 is 5.91 Å². The largest absolute Gasteiger partial charge is 0.403 e. The summed E-state index contributed by atoms with van der Waals surface area (Å²) in [6, 6.07) is 7.41. The van der Waals surface area contributed by atoms with Crippen molar-refractivity contribution in [3.8, 4) is 11.5 Å². The molecule has 1 N–H and O–H groups in total. The van der Waals surface area contributed by atoms with Crippen molar-refractivity contribution < 1.29 is 13.6 Å². The Bertz CT molecular complexity index is 867. The van der Waals surface area contributed by atoms with Gasteiger partial charge in [0, 0.05) is 17.3 Å². The van der Waals surface area contributed by atoms with E-state index in [9.17, 15) is 9.18 Å². The van der Waals surface area contributed by atoms with Gasteiger partial charge in [-0.25, -0.2) is 4.39 Å². The highest BCUT2D eigenvalue weighted by atomic mass is 19.1. The molecule has 0 radical (unpaired) electrons. The maximum absolute atomic E-state index is 12.9. The highest BCUT2D eigenvalue weighted by molar-refractivity contribution is 6.01. The number of aryl methyl sites for hydroxylation is 1. The summed E-state index contributed by atoms with van der Waals surface area (Å²) in [5, 5.41) is 14.4. The van der Waals surface area contributed by atoms with Gasteiger partial charge in [-0.1, -0.05) is 5.10 Å². The fourth-order valence-electron chi connectivity index (χ4n) is 2.27. The monoisotopic (exact) mass is 329 g/mol. The molecule has 1 amide bonds. The number of carbonyl (C=O) groups excluding carboxylic acids is 1. The van der Waals surface area contributed by atoms with Crippen molar-refractivity contribution in [2.45, 2.75) is 26.8 Å². The van der Waals surface area contributed by atoms with Crippen LogP contribution in [0.1, 0.15) is 36.1 Å². The maximum atomic E-state index is 12.9. The highest BCUT2D eigenvalue weighted by Crippen LogP contribution is 2.20. The number of rotatable bonds is 4. The molecule has 0 aliphatic rings. The molecule has 0 unspecified atom stereocenters. The fraction of sp³-hybridized carbons (Fsp3) is 0.250. The third-order valence-electron chi connectivity index (χ3n) is 3.38. The second kappa shape index (κ2) is 6.23. The van der Waals surface area contributed by atoms with Crippen molar-refractivity contribution in [3.63, 3.8) is 0 Å². The molecule has 1 aromatic carbocycles. The Kier molecular flexibility index (Phi) is 4.11. The summed E-state index contributed by atoms with van der Waals surface area (Å²) < 4.78 is 20.1. The van der Waals surface area contributed by atoms with Crippen LogP contribution in [-0.4, -0.2) is 25.9 Å². The summed E-state index contributed by atoms with van der Waals surface area (Å²) >= 11 is 0. The standard InChI is InChI=1S/C16H16FN5O2/c1-9(2)22-10(3)8-13(21-22)14(23)18-16-20-19-15(24-16)11-4-6-12(17)7-5-11/h4-9H,1-3H3,(H,18,20,23). The molecule has 3 rings (SSSR count). The molecule has 0 saturated carbocycles. The maximum Gasteiger partial charge on any atom is 0.322 e. The Hall–Kier alpha value is -3.03. The van der Waals surface area contributed by atoms with Gasteiger partial charge in [-0.05, 0) is 51.1 Å². The lowest BCUT2D eigenvalue weighted by molar-refractivity contribution is 0.101. The van der Waals surface area contributed by atoms with E-state index in [1.54, 1.807) is 10.7 Å². The molecule has 24 heavy (non-hydrogen) atoms. The molecule has 2 heterocycles. The predicted molar refractivity (Wildman–Crippen MR) is 85.0 cm³/mol. The zero-order valence-electron chi connectivity index (χ0n) is 13.4. The first kappa shape index (κ1) is 15.9. The van der Waals surface area contributed by atoms with Crippen molar-refractivity contribution >= 4 is 11.9 Å². The molecule has 7 nitrogen and oxygen atoms in total. The van der Waals surface area contributed by atoms with Crippen molar-refractivity contribution in [3.05, 3.63) is 47.5 Å². The lowest BCUT2D eigenvalue weighted by atomic mass is 10.2. The van der Waals surface area contributed by atoms with E-state index in [1.807, 2.05) is 20.8 Å². The molecule has 0 aliphatic carbocycles. The number of hydrogen-bond donors (Lipinski definition) is 1. The van der Waals surface area contributed by atoms with E-state index in [4.69, 9.17) is 4.42 Å². The first-order chi connectivity index (χ1) is 11.4. The summed E-state index contributed by atoms with van der Waals surface area (Å²) in [5.41, 5.74) is 1.71. The van der Waals surface area contributed by atoms with Crippen LogP contribution in [0.4, 0.5) is 10.4 Å². The Morgan fingerprint density at radius 1 is 1.25 bits per heavy atom. The Balaban J connectivity index is 1.76. The lowest BCUT2D eigenvalue weighted by Crippen LogP contribution is -2.14. The van der Waals surface area contributed by atoms with Crippen LogP contribution in [-0.2, 0) is 0 Å². The average molecular weight is 329 g/mol. The average Bonchev–Trinajstić information content (AvgIpc) is 3.15. The van der Waals surface area contributed by atoms with Crippen molar-refractivity contribution in [2.75, 3.05) is 5.32 Å². The Morgan fingerprint density at radius 3 is 2.58 bits per heavy atom. The molecule has 0 bridgehead atoms. The quantitative estimate of drug-likeness (QED) is 0.794. The number of carbonyl (C=O) groups is 1. The summed E-state index contributed by atoms with van der Waals surface area (Å²) in [5.74, 6) is -0.608. The van der Waals surface area contributed by atoms with Crippen LogP contribution < -0.4 is 5.32 Å².